The lowest BCUT2D eigenvalue weighted by Crippen LogP contribution is -2.38. The van der Waals surface area contributed by atoms with E-state index in [1.54, 1.807) is 6.34 Å². The zero-order chi connectivity index (χ0) is 16.5. The molecule has 0 radical (unpaired) electrons. The Kier molecular flexibility index (Phi) is 4.10. The van der Waals surface area contributed by atoms with Gasteiger partial charge in [0.05, 0.1) is 17.7 Å². The molecule has 0 aromatic carbocycles. The van der Waals surface area contributed by atoms with Gasteiger partial charge in [0, 0.05) is 19.6 Å². The minimum absolute atomic E-state index is 0.0961. The molecule has 1 N–H and O–H groups in total. The molecular weight excluding hydrogens is 306 g/mol. The minimum atomic E-state index is -0.0961. The number of aryl methyl sites for hydroxylation is 1. The molecule has 7 heteroatoms. The number of amidine groups is 1. The highest BCUT2D eigenvalue weighted by Gasteiger charge is 2.33. The number of hydrogen-bond acceptors (Lipinski definition) is 6. The van der Waals surface area contributed by atoms with E-state index in [1.165, 1.54) is 19.3 Å². The second kappa shape index (κ2) is 6.39. The van der Waals surface area contributed by atoms with Crippen LogP contribution in [0, 0.1) is 6.92 Å². The summed E-state index contributed by atoms with van der Waals surface area (Å²) >= 11 is 0. The van der Waals surface area contributed by atoms with Crippen LogP contribution in [0.2, 0.25) is 0 Å². The van der Waals surface area contributed by atoms with Gasteiger partial charge >= 0.3 is 0 Å². The zero-order valence-corrected chi connectivity index (χ0v) is 14.0. The highest BCUT2D eigenvalue weighted by atomic mass is 16.4. The highest BCUT2D eigenvalue weighted by molar-refractivity contribution is 6.17. The Morgan fingerprint density at radius 2 is 2.12 bits per heavy atom. The maximum Gasteiger partial charge on any atom is 0.255 e. The van der Waals surface area contributed by atoms with Gasteiger partial charge in [-0.3, -0.25) is 9.79 Å². The standard InChI is InChI=1S/C17H23N5O2/c1-12-13(16(23)19-5-9-21-7-3-2-4-8-21)14-15-18-6-10-22(15)11-20-17(14)24-12/h11H,2-10H2,1H3,(H,19,23). The molecule has 24 heavy (non-hydrogen) atoms. The summed E-state index contributed by atoms with van der Waals surface area (Å²) in [5.41, 5.74) is 1.31. The van der Waals surface area contributed by atoms with Crippen molar-refractivity contribution in [1.29, 1.82) is 0 Å². The summed E-state index contributed by atoms with van der Waals surface area (Å²) in [7, 11) is 0. The van der Waals surface area contributed by atoms with Crippen molar-refractivity contribution >= 4 is 24.0 Å². The van der Waals surface area contributed by atoms with Crippen molar-refractivity contribution in [3.63, 3.8) is 0 Å². The van der Waals surface area contributed by atoms with Crippen molar-refractivity contribution in [2.75, 3.05) is 39.3 Å². The molecule has 1 fully saturated rings. The Morgan fingerprint density at radius 3 is 2.96 bits per heavy atom. The van der Waals surface area contributed by atoms with Gasteiger partial charge in [0.2, 0.25) is 5.88 Å². The van der Waals surface area contributed by atoms with Crippen molar-refractivity contribution in [3.8, 4) is 0 Å². The van der Waals surface area contributed by atoms with Crippen molar-refractivity contribution in [3.05, 3.63) is 16.9 Å². The van der Waals surface area contributed by atoms with Crippen LogP contribution in [0.3, 0.4) is 0 Å². The van der Waals surface area contributed by atoms with E-state index in [-0.39, 0.29) is 5.91 Å². The van der Waals surface area contributed by atoms with Gasteiger partial charge in [0.15, 0.2) is 0 Å². The maximum atomic E-state index is 12.7. The summed E-state index contributed by atoms with van der Waals surface area (Å²) in [6.07, 6.45) is 5.57. The Bertz CT molecular complexity index is 700. The molecule has 1 amide bonds. The molecule has 0 atom stereocenters. The average Bonchev–Trinajstić information content (AvgIpc) is 3.18. The predicted molar refractivity (Wildman–Crippen MR) is 92.3 cm³/mol. The molecule has 0 spiro atoms. The van der Waals surface area contributed by atoms with Gasteiger partial charge in [-0.2, -0.15) is 0 Å². The molecule has 0 saturated carbocycles. The van der Waals surface area contributed by atoms with Crippen molar-refractivity contribution in [2.24, 2.45) is 9.98 Å². The van der Waals surface area contributed by atoms with E-state index >= 15 is 0 Å². The van der Waals surface area contributed by atoms with E-state index in [0.29, 0.717) is 23.8 Å². The molecule has 1 aromatic heterocycles. The first-order valence-electron chi connectivity index (χ1n) is 8.73. The van der Waals surface area contributed by atoms with Crippen LogP contribution in [0.1, 0.15) is 40.9 Å². The van der Waals surface area contributed by atoms with Crippen LogP contribution in [-0.2, 0) is 0 Å². The summed E-state index contributed by atoms with van der Waals surface area (Å²) < 4.78 is 5.69. The number of furan rings is 1. The van der Waals surface area contributed by atoms with Gasteiger partial charge in [-0.15, -0.1) is 0 Å². The number of aliphatic imine (C=N–C) groups is 2. The van der Waals surface area contributed by atoms with Crippen LogP contribution < -0.4 is 5.32 Å². The fourth-order valence-corrected chi connectivity index (χ4v) is 3.62. The number of carbonyl (C=O) groups excluding carboxylic acids is 1. The predicted octanol–water partition coefficient (Wildman–Crippen LogP) is 1.54. The summed E-state index contributed by atoms with van der Waals surface area (Å²) in [6, 6.07) is 0. The second-order valence-electron chi connectivity index (χ2n) is 6.51. The molecule has 4 heterocycles. The number of rotatable bonds is 4. The normalized spacial score (nSPS) is 19.9. The number of fused-ring (bicyclic) bond motifs is 3. The summed E-state index contributed by atoms with van der Waals surface area (Å²) in [6.45, 7) is 7.16. The lowest BCUT2D eigenvalue weighted by molar-refractivity contribution is 0.0945. The molecule has 3 aliphatic rings. The molecule has 128 valence electrons. The Labute approximate surface area is 141 Å². The molecule has 3 aliphatic heterocycles. The van der Waals surface area contributed by atoms with Gasteiger partial charge in [-0.05, 0) is 32.9 Å². The lowest BCUT2D eigenvalue weighted by atomic mass is 10.1. The maximum absolute atomic E-state index is 12.7. The summed E-state index contributed by atoms with van der Waals surface area (Å²) in [4.78, 5) is 25.9. The quantitative estimate of drug-likeness (QED) is 0.909. The van der Waals surface area contributed by atoms with Gasteiger partial charge < -0.3 is 19.5 Å². The van der Waals surface area contributed by atoms with Crippen LogP contribution in [-0.4, -0.2) is 67.1 Å². The monoisotopic (exact) mass is 329 g/mol. The number of amides is 1. The third-order valence-corrected chi connectivity index (χ3v) is 4.87. The third-order valence-electron chi connectivity index (χ3n) is 4.87. The van der Waals surface area contributed by atoms with E-state index in [9.17, 15) is 4.79 Å². The molecule has 0 bridgehead atoms. The summed E-state index contributed by atoms with van der Waals surface area (Å²) in [5.74, 6) is 1.80. The van der Waals surface area contributed by atoms with Crippen molar-refractivity contribution in [2.45, 2.75) is 26.2 Å². The topological polar surface area (TPSA) is 73.4 Å². The Balaban J connectivity index is 1.47. The first kappa shape index (κ1) is 15.4. The van der Waals surface area contributed by atoms with E-state index in [4.69, 9.17) is 4.42 Å². The molecule has 7 nitrogen and oxygen atoms in total. The van der Waals surface area contributed by atoms with Gasteiger partial charge in [0.25, 0.3) is 5.91 Å². The molecule has 1 aromatic rings. The number of hydrogen-bond donors (Lipinski definition) is 1. The first-order chi connectivity index (χ1) is 11.7. The fourth-order valence-electron chi connectivity index (χ4n) is 3.62. The number of nitrogens with zero attached hydrogens (tertiary/aromatic N) is 4. The van der Waals surface area contributed by atoms with E-state index in [2.05, 4.69) is 20.2 Å². The van der Waals surface area contributed by atoms with Gasteiger partial charge in [-0.25, -0.2) is 4.99 Å². The van der Waals surface area contributed by atoms with Gasteiger partial charge in [0.1, 0.15) is 17.9 Å². The third kappa shape index (κ3) is 2.73. The highest BCUT2D eigenvalue weighted by Crippen LogP contribution is 2.34. The Hall–Kier alpha value is -2.15. The lowest BCUT2D eigenvalue weighted by Gasteiger charge is -2.26. The summed E-state index contributed by atoms with van der Waals surface area (Å²) in [5, 5.41) is 3.04. The largest absolute Gasteiger partial charge is 0.442 e. The molecular formula is C17H23N5O2. The minimum Gasteiger partial charge on any atom is -0.442 e. The van der Waals surface area contributed by atoms with Crippen LogP contribution in [0.25, 0.3) is 0 Å². The van der Waals surface area contributed by atoms with Crippen LogP contribution in [0.5, 0.6) is 0 Å². The van der Waals surface area contributed by atoms with Crippen LogP contribution >= 0.6 is 0 Å². The van der Waals surface area contributed by atoms with Crippen molar-refractivity contribution in [1.82, 2.24) is 15.1 Å². The number of nitrogens with one attached hydrogen (secondary N) is 1. The number of likely N-dealkylation sites (tertiary alicyclic amines) is 1. The van der Waals surface area contributed by atoms with E-state index in [0.717, 1.165) is 44.1 Å². The van der Waals surface area contributed by atoms with Crippen molar-refractivity contribution < 1.29 is 9.21 Å². The molecule has 0 unspecified atom stereocenters. The van der Waals surface area contributed by atoms with E-state index in [1.807, 2.05) is 11.8 Å². The second-order valence-corrected chi connectivity index (χ2v) is 6.51. The van der Waals surface area contributed by atoms with E-state index < -0.39 is 0 Å². The average molecular weight is 329 g/mol. The first-order valence-corrected chi connectivity index (χ1v) is 8.73. The SMILES string of the molecule is Cc1oc2c(c1C(=O)NCCN1CCCCC1)C1=NCCN1C=N2. The van der Waals surface area contributed by atoms with Crippen LogP contribution in [0.15, 0.2) is 14.4 Å². The number of carbonyl (C=O) groups is 1. The zero-order valence-electron chi connectivity index (χ0n) is 14.0. The smallest absolute Gasteiger partial charge is 0.255 e. The molecule has 0 aliphatic carbocycles. The fraction of sp³-hybridized carbons (Fsp3) is 0.588. The molecule has 4 rings (SSSR count). The van der Waals surface area contributed by atoms with Crippen LogP contribution in [0.4, 0.5) is 5.88 Å². The number of piperidine rings is 1. The Morgan fingerprint density at radius 1 is 1.29 bits per heavy atom. The van der Waals surface area contributed by atoms with Gasteiger partial charge in [-0.1, -0.05) is 6.42 Å². The molecule has 1 saturated heterocycles.